The predicted molar refractivity (Wildman–Crippen MR) is 102 cm³/mol. The van der Waals surface area contributed by atoms with Crippen LogP contribution in [0.25, 0.3) is 0 Å². The molecule has 0 bridgehead atoms. The van der Waals surface area contributed by atoms with Crippen LogP contribution in [0.15, 0.2) is 29.3 Å². The van der Waals surface area contributed by atoms with E-state index in [0.29, 0.717) is 13.2 Å². The van der Waals surface area contributed by atoms with Crippen molar-refractivity contribution in [2.75, 3.05) is 40.5 Å². The van der Waals surface area contributed by atoms with Gasteiger partial charge in [0.15, 0.2) is 5.96 Å². The fourth-order valence-corrected chi connectivity index (χ4v) is 1.91. The molecule has 0 unspecified atom stereocenters. The van der Waals surface area contributed by atoms with E-state index in [0.717, 1.165) is 31.4 Å². The van der Waals surface area contributed by atoms with Gasteiger partial charge in [0, 0.05) is 26.7 Å². The van der Waals surface area contributed by atoms with Crippen molar-refractivity contribution in [3.05, 3.63) is 29.8 Å². The average molecular weight is 421 g/mol. The molecular formula is C16H28IN3O2. The standard InChI is InChI=1S/C16H27N3O2.HI/c1-5-17-16(18-11-12-21-6-2)19(3)13-14-7-9-15(20-4)10-8-14;/h7-10H,5-6,11-13H2,1-4H3,(H,17,18);1H. The zero-order valence-electron chi connectivity index (χ0n) is 14.0. The van der Waals surface area contributed by atoms with Crippen molar-refractivity contribution in [2.24, 2.45) is 4.99 Å². The molecule has 1 aromatic carbocycles. The van der Waals surface area contributed by atoms with Crippen LogP contribution in [0.3, 0.4) is 0 Å². The lowest BCUT2D eigenvalue weighted by molar-refractivity contribution is 0.155. The number of methoxy groups -OCH3 is 1. The number of ether oxygens (including phenoxy) is 2. The van der Waals surface area contributed by atoms with Gasteiger partial charge in [-0.3, -0.25) is 4.99 Å². The molecule has 0 heterocycles. The van der Waals surface area contributed by atoms with Gasteiger partial charge < -0.3 is 19.7 Å². The second-order valence-electron chi connectivity index (χ2n) is 4.64. The molecule has 0 radical (unpaired) electrons. The zero-order chi connectivity index (χ0) is 15.5. The Morgan fingerprint density at radius 1 is 1.23 bits per heavy atom. The molecule has 0 amide bonds. The van der Waals surface area contributed by atoms with Crippen LogP contribution in [-0.2, 0) is 11.3 Å². The molecule has 0 saturated carbocycles. The van der Waals surface area contributed by atoms with Crippen molar-refractivity contribution >= 4 is 29.9 Å². The molecule has 1 aromatic rings. The molecule has 126 valence electrons. The fourth-order valence-electron chi connectivity index (χ4n) is 1.91. The Morgan fingerprint density at radius 3 is 2.45 bits per heavy atom. The third-order valence-electron chi connectivity index (χ3n) is 2.98. The number of nitrogens with zero attached hydrogens (tertiary/aromatic N) is 2. The van der Waals surface area contributed by atoms with E-state index in [1.54, 1.807) is 7.11 Å². The quantitative estimate of drug-likeness (QED) is 0.304. The predicted octanol–water partition coefficient (Wildman–Crippen LogP) is 2.75. The first-order valence-electron chi connectivity index (χ1n) is 7.41. The van der Waals surface area contributed by atoms with Gasteiger partial charge in [0.25, 0.3) is 0 Å². The van der Waals surface area contributed by atoms with Gasteiger partial charge >= 0.3 is 0 Å². The van der Waals surface area contributed by atoms with Crippen LogP contribution < -0.4 is 10.1 Å². The van der Waals surface area contributed by atoms with Gasteiger partial charge in [-0.25, -0.2) is 0 Å². The van der Waals surface area contributed by atoms with E-state index in [1.807, 2.05) is 26.1 Å². The van der Waals surface area contributed by atoms with E-state index in [1.165, 1.54) is 5.56 Å². The third kappa shape index (κ3) is 7.84. The smallest absolute Gasteiger partial charge is 0.194 e. The summed E-state index contributed by atoms with van der Waals surface area (Å²) in [6, 6.07) is 8.09. The van der Waals surface area contributed by atoms with Crippen LogP contribution in [0.5, 0.6) is 5.75 Å². The largest absolute Gasteiger partial charge is 0.497 e. The van der Waals surface area contributed by atoms with Crippen molar-refractivity contribution in [2.45, 2.75) is 20.4 Å². The first-order valence-corrected chi connectivity index (χ1v) is 7.41. The summed E-state index contributed by atoms with van der Waals surface area (Å²) in [7, 11) is 3.71. The minimum absolute atomic E-state index is 0. The van der Waals surface area contributed by atoms with Crippen LogP contribution in [0.2, 0.25) is 0 Å². The Kier molecular flexibility index (Phi) is 11.9. The number of rotatable bonds is 8. The maximum absolute atomic E-state index is 5.32. The third-order valence-corrected chi connectivity index (χ3v) is 2.98. The van der Waals surface area contributed by atoms with Gasteiger partial charge in [-0.2, -0.15) is 0 Å². The number of halogens is 1. The summed E-state index contributed by atoms with van der Waals surface area (Å²) < 4.78 is 10.5. The monoisotopic (exact) mass is 421 g/mol. The summed E-state index contributed by atoms with van der Waals surface area (Å²) in [4.78, 5) is 6.67. The van der Waals surface area contributed by atoms with Crippen LogP contribution in [0, 0.1) is 0 Å². The number of hydrogen-bond donors (Lipinski definition) is 1. The van der Waals surface area contributed by atoms with Gasteiger partial charge in [-0.1, -0.05) is 12.1 Å². The molecule has 0 fully saturated rings. The fraction of sp³-hybridized carbons (Fsp3) is 0.562. The first-order chi connectivity index (χ1) is 10.2. The number of nitrogens with one attached hydrogen (secondary N) is 1. The Bertz CT molecular complexity index is 424. The van der Waals surface area contributed by atoms with Crippen molar-refractivity contribution in [3.63, 3.8) is 0 Å². The van der Waals surface area contributed by atoms with E-state index in [2.05, 4.69) is 34.3 Å². The molecule has 0 spiro atoms. The molecule has 0 aromatic heterocycles. The van der Waals surface area contributed by atoms with E-state index >= 15 is 0 Å². The molecule has 0 atom stereocenters. The Balaban J connectivity index is 0.00000441. The molecule has 0 aliphatic carbocycles. The lowest BCUT2D eigenvalue weighted by Gasteiger charge is -2.22. The maximum Gasteiger partial charge on any atom is 0.194 e. The molecule has 0 aliphatic rings. The molecule has 1 N–H and O–H groups in total. The van der Waals surface area contributed by atoms with E-state index in [-0.39, 0.29) is 24.0 Å². The number of hydrogen-bond acceptors (Lipinski definition) is 3. The normalized spacial score (nSPS) is 10.8. The van der Waals surface area contributed by atoms with Crippen molar-refractivity contribution in [1.82, 2.24) is 10.2 Å². The van der Waals surface area contributed by atoms with Gasteiger partial charge in [-0.15, -0.1) is 24.0 Å². The number of aliphatic imine (C=N–C) groups is 1. The van der Waals surface area contributed by atoms with E-state index < -0.39 is 0 Å². The molecule has 1 rings (SSSR count). The SMILES string of the molecule is CCNC(=NCCOCC)N(C)Cc1ccc(OC)cc1.I. The van der Waals surface area contributed by atoms with Crippen LogP contribution in [0.1, 0.15) is 19.4 Å². The second-order valence-corrected chi connectivity index (χ2v) is 4.64. The highest BCUT2D eigenvalue weighted by Crippen LogP contribution is 2.12. The van der Waals surface area contributed by atoms with E-state index in [9.17, 15) is 0 Å². The highest BCUT2D eigenvalue weighted by atomic mass is 127. The van der Waals surface area contributed by atoms with Gasteiger partial charge in [0.2, 0.25) is 0 Å². The summed E-state index contributed by atoms with van der Waals surface area (Å²) in [5.41, 5.74) is 1.22. The number of benzene rings is 1. The van der Waals surface area contributed by atoms with Crippen LogP contribution in [0.4, 0.5) is 0 Å². The first kappa shape index (κ1) is 21.0. The summed E-state index contributed by atoms with van der Waals surface area (Å²) in [5, 5.41) is 3.30. The molecule has 0 aliphatic heterocycles. The second kappa shape index (κ2) is 12.5. The maximum atomic E-state index is 5.32. The summed E-state index contributed by atoms with van der Waals surface area (Å²) in [6.45, 7) is 7.76. The average Bonchev–Trinajstić information content (AvgIpc) is 2.51. The molecule has 5 nitrogen and oxygen atoms in total. The molecule has 0 saturated heterocycles. The van der Waals surface area contributed by atoms with Crippen molar-refractivity contribution < 1.29 is 9.47 Å². The molecule has 6 heteroatoms. The van der Waals surface area contributed by atoms with Gasteiger partial charge in [0.05, 0.1) is 20.3 Å². The van der Waals surface area contributed by atoms with E-state index in [4.69, 9.17) is 9.47 Å². The van der Waals surface area contributed by atoms with Crippen LogP contribution in [-0.4, -0.2) is 51.3 Å². The van der Waals surface area contributed by atoms with Crippen molar-refractivity contribution in [3.8, 4) is 5.75 Å². The highest BCUT2D eigenvalue weighted by Gasteiger charge is 2.06. The molecule has 22 heavy (non-hydrogen) atoms. The lowest BCUT2D eigenvalue weighted by Crippen LogP contribution is -2.38. The summed E-state index contributed by atoms with van der Waals surface area (Å²) in [5.74, 6) is 1.77. The Hall–Kier alpha value is -1.02. The Labute approximate surface area is 151 Å². The topological polar surface area (TPSA) is 46.1 Å². The minimum atomic E-state index is 0. The minimum Gasteiger partial charge on any atom is -0.497 e. The Morgan fingerprint density at radius 2 is 1.91 bits per heavy atom. The number of guanidine groups is 1. The van der Waals surface area contributed by atoms with Crippen molar-refractivity contribution in [1.29, 1.82) is 0 Å². The zero-order valence-corrected chi connectivity index (χ0v) is 16.3. The summed E-state index contributed by atoms with van der Waals surface area (Å²) >= 11 is 0. The lowest BCUT2D eigenvalue weighted by atomic mass is 10.2. The van der Waals surface area contributed by atoms with Crippen LogP contribution >= 0.6 is 24.0 Å². The summed E-state index contributed by atoms with van der Waals surface area (Å²) in [6.07, 6.45) is 0. The van der Waals surface area contributed by atoms with Gasteiger partial charge in [-0.05, 0) is 31.5 Å². The molecular weight excluding hydrogens is 393 g/mol. The van der Waals surface area contributed by atoms with Gasteiger partial charge in [0.1, 0.15) is 5.75 Å². The highest BCUT2D eigenvalue weighted by molar-refractivity contribution is 14.0.